The van der Waals surface area contributed by atoms with Crippen molar-refractivity contribution in [3.63, 3.8) is 0 Å². The summed E-state index contributed by atoms with van der Waals surface area (Å²) < 4.78 is 0.822. The predicted octanol–water partition coefficient (Wildman–Crippen LogP) is 4.47. The highest BCUT2D eigenvalue weighted by atomic mass is 35.5. The zero-order valence-corrected chi connectivity index (χ0v) is 17.4. The van der Waals surface area contributed by atoms with E-state index >= 15 is 0 Å². The van der Waals surface area contributed by atoms with E-state index in [0.29, 0.717) is 18.2 Å². The van der Waals surface area contributed by atoms with Gasteiger partial charge in [0.2, 0.25) is 0 Å². The van der Waals surface area contributed by atoms with Gasteiger partial charge in [0.05, 0.1) is 9.26 Å². The predicted molar refractivity (Wildman–Crippen MR) is 110 cm³/mol. The normalized spacial score (nSPS) is 19.1. The van der Waals surface area contributed by atoms with Gasteiger partial charge < -0.3 is 5.32 Å². The number of nitro groups is 1. The number of carbonyl (C=O) groups is 1. The van der Waals surface area contributed by atoms with Gasteiger partial charge in [-0.05, 0) is 44.0 Å². The third kappa shape index (κ3) is 4.79. The van der Waals surface area contributed by atoms with Crippen LogP contribution in [0.4, 0.5) is 5.69 Å². The van der Waals surface area contributed by atoms with E-state index in [4.69, 9.17) is 11.6 Å². The lowest BCUT2D eigenvalue weighted by Crippen LogP contribution is -2.44. The van der Waals surface area contributed by atoms with Crippen molar-refractivity contribution >= 4 is 46.9 Å². The molecular weight excluding hydrogens is 409 g/mol. The second kappa shape index (κ2) is 9.01. The third-order valence-electron chi connectivity index (χ3n) is 4.77. The second-order valence-electron chi connectivity index (χ2n) is 6.47. The van der Waals surface area contributed by atoms with Crippen molar-refractivity contribution in [2.75, 3.05) is 13.1 Å². The van der Waals surface area contributed by atoms with Crippen molar-refractivity contribution in [2.24, 2.45) is 0 Å². The molecule has 27 heavy (non-hydrogen) atoms. The van der Waals surface area contributed by atoms with Gasteiger partial charge in [0.25, 0.3) is 11.6 Å². The third-order valence-corrected chi connectivity index (χ3v) is 6.24. The number of benzene rings is 1. The van der Waals surface area contributed by atoms with Gasteiger partial charge in [0, 0.05) is 47.7 Å². The molecule has 0 saturated carbocycles. The first-order valence-electron chi connectivity index (χ1n) is 8.43. The van der Waals surface area contributed by atoms with Crippen molar-refractivity contribution in [1.29, 1.82) is 0 Å². The van der Waals surface area contributed by atoms with Crippen LogP contribution < -0.4 is 5.32 Å². The number of halogens is 2. The molecular formula is C18H21Cl2N3O3S. The van der Waals surface area contributed by atoms with Crippen molar-refractivity contribution in [1.82, 2.24) is 10.2 Å². The van der Waals surface area contributed by atoms with Crippen LogP contribution in [-0.4, -0.2) is 34.9 Å². The molecule has 1 aromatic carbocycles. The monoisotopic (exact) mass is 429 g/mol. The van der Waals surface area contributed by atoms with Gasteiger partial charge in [-0.15, -0.1) is 23.7 Å². The highest BCUT2D eigenvalue weighted by Crippen LogP contribution is 2.39. The van der Waals surface area contributed by atoms with Crippen LogP contribution in [0.5, 0.6) is 0 Å². The van der Waals surface area contributed by atoms with Crippen molar-refractivity contribution in [2.45, 2.75) is 32.4 Å². The maximum absolute atomic E-state index is 12.2. The fraction of sp³-hybridized carbons (Fsp3) is 0.389. The van der Waals surface area contributed by atoms with E-state index in [1.165, 1.54) is 34.7 Å². The SMILES string of the molecule is C[C@@H]1Cc2cc(Cl)sc2[C@H](C)N1CCNC(=O)c1ccc([N+](=O)[O-])cc1.Cl. The van der Waals surface area contributed by atoms with Crippen LogP contribution in [-0.2, 0) is 6.42 Å². The molecule has 2 heterocycles. The Morgan fingerprint density at radius 3 is 2.67 bits per heavy atom. The summed E-state index contributed by atoms with van der Waals surface area (Å²) in [4.78, 5) is 26.1. The molecule has 0 fully saturated rings. The Labute approximate surface area is 173 Å². The molecule has 1 aliphatic heterocycles. The van der Waals surface area contributed by atoms with E-state index in [0.717, 1.165) is 17.3 Å². The van der Waals surface area contributed by atoms with Crippen molar-refractivity contribution in [3.05, 3.63) is 60.8 Å². The number of nitrogens with zero attached hydrogens (tertiary/aromatic N) is 2. The molecule has 1 amide bonds. The topological polar surface area (TPSA) is 75.5 Å². The maximum Gasteiger partial charge on any atom is 0.269 e. The number of amides is 1. The van der Waals surface area contributed by atoms with Gasteiger partial charge >= 0.3 is 0 Å². The quantitative estimate of drug-likeness (QED) is 0.561. The van der Waals surface area contributed by atoms with Crippen LogP contribution in [0.3, 0.4) is 0 Å². The molecule has 1 aliphatic rings. The lowest BCUT2D eigenvalue weighted by molar-refractivity contribution is -0.384. The maximum atomic E-state index is 12.2. The molecule has 2 atom stereocenters. The van der Waals surface area contributed by atoms with E-state index < -0.39 is 4.92 Å². The average Bonchev–Trinajstić information content (AvgIpc) is 2.98. The Morgan fingerprint density at radius 1 is 1.37 bits per heavy atom. The number of hydrogen-bond donors (Lipinski definition) is 1. The van der Waals surface area contributed by atoms with E-state index in [2.05, 4.69) is 30.1 Å². The molecule has 3 rings (SSSR count). The van der Waals surface area contributed by atoms with Crippen LogP contribution in [0.15, 0.2) is 30.3 Å². The molecule has 0 spiro atoms. The molecule has 0 radical (unpaired) electrons. The van der Waals surface area contributed by atoms with E-state index in [1.54, 1.807) is 11.3 Å². The molecule has 6 nitrogen and oxygen atoms in total. The lowest BCUT2D eigenvalue weighted by Gasteiger charge is -2.38. The molecule has 1 N–H and O–H groups in total. The number of nitro benzene ring substituents is 1. The van der Waals surface area contributed by atoms with Gasteiger partial charge in [0.15, 0.2) is 0 Å². The molecule has 0 saturated heterocycles. The lowest BCUT2D eigenvalue weighted by atomic mass is 9.97. The number of nitrogens with one attached hydrogen (secondary N) is 1. The first-order chi connectivity index (χ1) is 12.4. The molecule has 146 valence electrons. The minimum absolute atomic E-state index is 0. The summed E-state index contributed by atoms with van der Waals surface area (Å²) in [5, 5.41) is 13.6. The first kappa shape index (κ1) is 21.6. The van der Waals surface area contributed by atoms with Crippen LogP contribution in [0.1, 0.15) is 40.7 Å². The van der Waals surface area contributed by atoms with Crippen LogP contribution in [0.25, 0.3) is 0 Å². The zero-order valence-electron chi connectivity index (χ0n) is 15.0. The first-order valence-corrected chi connectivity index (χ1v) is 9.62. The zero-order chi connectivity index (χ0) is 18.8. The van der Waals surface area contributed by atoms with Gasteiger partial charge in [-0.25, -0.2) is 0 Å². The number of hydrogen-bond acceptors (Lipinski definition) is 5. The minimum atomic E-state index is -0.480. The summed E-state index contributed by atoms with van der Waals surface area (Å²) in [6, 6.07) is 8.32. The van der Waals surface area contributed by atoms with Gasteiger partial charge in [0.1, 0.15) is 0 Å². The number of rotatable bonds is 5. The van der Waals surface area contributed by atoms with Crippen molar-refractivity contribution < 1.29 is 9.72 Å². The summed E-state index contributed by atoms with van der Waals surface area (Å²) in [7, 11) is 0. The molecule has 2 aromatic rings. The Kier molecular flexibility index (Phi) is 7.22. The van der Waals surface area contributed by atoms with Crippen molar-refractivity contribution in [3.8, 4) is 0 Å². The molecule has 0 unspecified atom stereocenters. The Morgan fingerprint density at radius 2 is 2.04 bits per heavy atom. The fourth-order valence-corrected chi connectivity index (χ4v) is 4.81. The Balaban J connectivity index is 0.00000261. The van der Waals surface area contributed by atoms with Gasteiger partial charge in [-0.3, -0.25) is 19.8 Å². The Bertz CT molecular complexity index is 826. The largest absolute Gasteiger partial charge is 0.351 e. The smallest absolute Gasteiger partial charge is 0.269 e. The highest BCUT2D eigenvalue weighted by Gasteiger charge is 2.30. The summed E-state index contributed by atoms with van der Waals surface area (Å²) in [6.45, 7) is 5.59. The summed E-state index contributed by atoms with van der Waals surface area (Å²) in [5.41, 5.74) is 1.72. The number of non-ortho nitro benzene ring substituents is 1. The second-order valence-corrected chi connectivity index (χ2v) is 8.18. The van der Waals surface area contributed by atoms with Gasteiger partial charge in [-0.2, -0.15) is 0 Å². The average molecular weight is 430 g/mol. The number of fused-ring (bicyclic) bond motifs is 1. The fourth-order valence-electron chi connectivity index (χ4n) is 3.44. The van der Waals surface area contributed by atoms with E-state index in [1.807, 2.05) is 0 Å². The standard InChI is InChI=1S/C18H20ClN3O3S.ClH/c1-11-9-14-10-16(19)26-17(14)12(2)21(11)8-7-20-18(23)13-3-5-15(6-4-13)22(24)25;/h3-6,10-12H,7-9H2,1-2H3,(H,20,23);1H/t11-,12+;/m1./s1. The summed E-state index contributed by atoms with van der Waals surface area (Å²) >= 11 is 7.78. The summed E-state index contributed by atoms with van der Waals surface area (Å²) in [5.74, 6) is -0.225. The Hall–Kier alpha value is -1.67. The van der Waals surface area contributed by atoms with Gasteiger partial charge in [-0.1, -0.05) is 11.6 Å². The van der Waals surface area contributed by atoms with Crippen LogP contribution >= 0.6 is 35.3 Å². The molecule has 0 bridgehead atoms. The van der Waals surface area contributed by atoms with E-state index in [9.17, 15) is 14.9 Å². The summed E-state index contributed by atoms with van der Waals surface area (Å²) in [6.07, 6.45) is 0.958. The van der Waals surface area contributed by atoms with Crippen LogP contribution in [0, 0.1) is 10.1 Å². The molecule has 0 aliphatic carbocycles. The van der Waals surface area contributed by atoms with Crippen LogP contribution in [0.2, 0.25) is 4.34 Å². The molecule has 1 aromatic heterocycles. The minimum Gasteiger partial charge on any atom is -0.351 e. The van der Waals surface area contributed by atoms with E-state index in [-0.39, 0.29) is 30.0 Å². The number of carbonyl (C=O) groups excluding carboxylic acids is 1. The molecule has 9 heteroatoms. The highest BCUT2D eigenvalue weighted by molar-refractivity contribution is 7.16. The number of thiophene rings is 1.